The number of cyclic esters (lactones) is 1. The first-order valence-corrected chi connectivity index (χ1v) is 12.6. The van der Waals surface area contributed by atoms with Crippen LogP contribution in [-0.4, -0.2) is 36.1 Å². The van der Waals surface area contributed by atoms with Gasteiger partial charge in [-0.3, -0.25) is 5.32 Å². The Morgan fingerprint density at radius 2 is 1.84 bits per heavy atom. The Hall–Kier alpha value is -4.44. The van der Waals surface area contributed by atoms with Gasteiger partial charge in [0.25, 0.3) is 0 Å². The molecule has 0 radical (unpaired) electrons. The van der Waals surface area contributed by atoms with Crippen LogP contribution in [0.1, 0.15) is 48.5 Å². The molecule has 1 aliphatic rings. The molecule has 1 aromatic heterocycles. The molecule has 38 heavy (non-hydrogen) atoms. The Kier molecular flexibility index (Phi) is 7.92. The first-order valence-electron chi connectivity index (χ1n) is 11.8. The predicted molar refractivity (Wildman–Crippen MR) is 144 cm³/mol. The molecule has 1 aliphatic heterocycles. The highest BCUT2D eigenvalue weighted by Crippen LogP contribution is 2.31. The van der Waals surface area contributed by atoms with E-state index in [9.17, 15) is 14.4 Å². The summed E-state index contributed by atoms with van der Waals surface area (Å²) in [5.74, 6) is -0.326. The highest BCUT2D eigenvalue weighted by atomic mass is 32.1. The lowest BCUT2D eigenvalue weighted by Crippen LogP contribution is -2.27. The van der Waals surface area contributed by atoms with Crippen LogP contribution in [0.15, 0.2) is 70.7 Å². The first kappa shape index (κ1) is 26.6. The lowest BCUT2D eigenvalue weighted by molar-refractivity contribution is -0.129. The van der Waals surface area contributed by atoms with Crippen molar-refractivity contribution in [3.63, 3.8) is 0 Å². The minimum atomic E-state index is -0.613. The second kappa shape index (κ2) is 11.3. The minimum Gasteiger partial charge on any atom is -0.490 e. The zero-order chi connectivity index (χ0) is 27.3. The third-order valence-electron chi connectivity index (χ3n) is 4.89. The van der Waals surface area contributed by atoms with Crippen LogP contribution in [0.2, 0.25) is 0 Å². The van der Waals surface area contributed by atoms with Crippen LogP contribution in [0, 0.1) is 0 Å². The van der Waals surface area contributed by atoms with Crippen molar-refractivity contribution >= 4 is 47.0 Å². The predicted octanol–water partition coefficient (Wildman–Crippen LogP) is 6.06. The van der Waals surface area contributed by atoms with Gasteiger partial charge in [-0.05, 0) is 87.2 Å². The number of carbonyl (C=O) groups excluding carboxylic acids is 3. The summed E-state index contributed by atoms with van der Waals surface area (Å²) in [5.41, 5.74) is 1.17. The summed E-state index contributed by atoms with van der Waals surface area (Å²) in [5, 5.41) is 4.44. The van der Waals surface area contributed by atoms with E-state index in [1.165, 1.54) is 11.3 Å². The molecule has 9 nitrogen and oxygen atoms in total. The van der Waals surface area contributed by atoms with Crippen molar-refractivity contribution in [1.82, 2.24) is 0 Å². The van der Waals surface area contributed by atoms with E-state index in [0.717, 1.165) is 0 Å². The van der Waals surface area contributed by atoms with Crippen molar-refractivity contribution in [2.75, 3.05) is 11.9 Å². The van der Waals surface area contributed by atoms with Gasteiger partial charge in [0.2, 0.25) is 5.90 Å². The van der Waals surface area contributed by atoms with Crippen molar-refractivity contribution in [1.29, 1.82) is 0 Å². The molecule has 2 aromatic carbocycles. The normalized spacial score (nSPS) is 14.1. The van der Waals surface area contributed by atoms with Gasteiger partial charge in [-0.2, -0.15) is 0 Å². The van der Waals surface area contributed by atoms with Gasteiger partial charge in [0, 0.05) is 11.3 Å². The lowest BCUT2D eigenvalue weighted by Gasteiger charge is -2.19. The van der Waals surface area contributed by atoms with Gasteiger partial charge < -0.3 is 18.9 Å². The van der Waals surface area contributed by atoms with Gasteiger partial charge in [0.1, 0.15) is 10.5 Å². The fourth-order valence-corrected chi connectivity index (χ4v) is 3.92. The molecule has 0 saturated heterocycles. The standard InChI is InChI=1S/C28H26N2O7S/c1-5-34-22-16-17(8-13-21(22)35-26(32)23-7-6-14-38-23)15-20-25(31)36-24(30-20)18-9-11-19(12-10-18)29-27(33)37-28(2,3)4/h6-16H,5H2,1-4H3,(H,29,33). The van der Waals surface area contributed by atoms with Crippen LogP contribution in [-0.2, 0) is 14.3 Å². The molecule has 1 N–H and O–H groups in total. The molecule has 0 spiro atoms. The zero-order valence-corrected chi connectivity index (χ0v) is 22.1. The maximum Gasteiger partial charge on any atom is 0.412 e. The second-order valence-electron chi connectivity index (χ2n) is 9.05. The molecule has 10 heteroatoms. The van der Waals surface area contributed by atoms with Crippen LogP contribution < -0.4 is 14.8 Å². The number of anilines is 1. The highest BCUT2D eigenvalue weighted by Gasteiger charge is 2.25. The lowest BCUT2D eigenvalue weighted by atomic mass is 10.1. The number of aliphatic imine (C=N–C) groups is 1. The first-order chi connectivity index (χ1) is 18.1. The highest BCUT2D eigenvalue weighted by molar-refractivity contribution is 7.12. The maximum absolute atomic E-state index is 12.5. The molecular weight excluding hydrogens is 508 g/mol. The van der Waals surface area contributed by atoms with E-state index in [4.69, 9.17) is 18.9 Å². The van der Waals surface area contributed by atoms with Crippen molar-refractivity contribution in [2.45, 2.75) is 33.3 Å². The van der Waals surface area contributed by atoms with Crippen LogP contribution in [0.3, 0.4) is 0 Å². The average Bonchev–Trinajstić information content (AvgIpc) is 3.51. The van der Waals surface area contributed by atoms with Crippen molar-refractivity contribution in [2.24, 2.45) is 4.99 Å². The van der Waals surface area contributed by atoms with Crippen molar-refractivity contribution in [3.05, 3.63) is 81.7 Å². The number of amides is 1. The van der Waals surface area contributed by atoms with E-state index in [0.29, 0.717) is 34.0 Å². The topological polar surface area (TPSA) is 113 Å². The van der Waals surface area contributed by atoms with Crippen LogP contribution >= 0.6 is 11.3 Å². The van der Waals surface area contributed by atoms with E-state index < -0.39 is 23.6 Å². The molecule has 4 rings (SSSR count). The monoisotopic (exact) mass is 534 g/mol. The van der Waals surface area contributed by atoms with Crippen LogP contribution in [0.25, 0.3) is 6.08 Å². The molecule has 0 fully saturated rings. The minimum absolute atomic E-state index is 0.0988. The Labute approximate surface area is 223 Å². The van der Waals surface area contributed by atoms with E-state index in [-0.39, 0.29) is 17.3 Å². The number of hydrogen-bond acceptors (Lipinski definition) is 9. The van der Waals surface area contributed by atoms with Crippen LogP contribution in [0.4, 0.5) is 10.5 Å². The Morgan fingerprint density at radius 1 is 1.08 bits per heavy atom. The molecular formula is C28H26N2O7S. The Bertz CT molecular complexity index is 1400. The average molecular weight is 535 g/mol. The summed E-state index contributed by atoms with van der Waals surface area (Å²) >= 11 is 1.28. The smallest absolute Gasteiger partial charge is 0.412 e. The molecule has 0 aliphatic carbocycles. The molecule has 0 saturated carbocycles. The molecule has 3 aromatic rings. The number of thiophene rings is 1. The van der Waals surface area contributed by atoms with Crippen molar-refractivity contribution in [3.8, 4) is 11.5 Å². The molecule has 0 unspecified atom stereocenters. The van der Waals surface area contributed by atoms with Gasteiger partial charge in [0.15, 0.2) is 17.2 Å². The quantitative estimate of drug-likeness (QED) is 0.223. The molecule has 1 amide bonds. The number of carbonyl (C=O) groups is 3. The molecule has 0 bridgehead atoms. The summed E-state index contributed by atoms with van der Waals surface area (Å²) in [7, 11) is 0. The maximum atomic E-state index is 12.5. The fourth-order valence-electron chi connectivity index (χ4n) is 3.32. The summed E-state index contributed by atoms with van der Waals surface area (Å²) in [4.78, 5) is 41.6. The largest absolute Gasteiger partial charge is 0.490 e. The summed E-state index contributed by atoms with van der Waals surface area (Å²) in [6, 6.07) is 15.0. The summed E-state index contributed by atoms with van der Waals surface area (Å²) in [6.07, 6.45) is 0.986. The fraction of sp³-hybridized carbons (Fsp3) is 0.214. The number of nitrogens with zero attached hydrogens (tertiary/aromatic N) is 1. The number of nitrogens with one attached hydrogen (secondary N) is 1. The van der Waals surface area contributed by atoms with Gasteiger partial charge in [-0.15, -0.1) is 11.3 Å². The van der Waals surface area contributed by atoms with E-state index >= 15 is 0 Å². The summed E-state index contributed by atoms with van der Waals surface area (Å²) < 4.78 is 21.7. The van der Waals surface area contributed by atoms with E-state index in [1.807, 2.05) is 6.92 Å². The number of hydrogen-bond donors (Lipinski definition) is 1. The number of esters is 2. The molecule has 196 valence electrons. The van der Waals surface area contributed by atoms with Gasteiger partial charge in [0.05, 0.1) is 6.61 Å². The summed E-state index contributed by atoms with van der Waals surface area (Å²) in [6.45, 7) is 7.50. The third-order valence-corrected chi connectivity index (χ3v) is 5.74. The Morgan fingerprint density at radius 3 is 2.50 bits per heavy atom. The van der Waals surface area contributed by atoms with Crippen molar-refractivity contribution < 1.29 is 33.3 Å². The SMILES string of the molecule is CCOc1cc(C=C2N=C(c3ccc(NC(=O)OC(C)(C)C)cc3)OC2=O)ccc1OC(=O)c1cccs1. The van der Waals surface area contributed by atoms with Gasteiger partial charge >= 0.3 is 18.0 Å². The third kappa shape index (κ3) is 6.86. The zero-order valence-electron chi connectivity index (χ0n) is 21.3. The number of ether oxygens (including phenoxy) is 4. The van der Waals surface area contributed by atoms with Crippen LogP contribution in [0.5, 0.6) is 11.5 Å². The van der Waals surface area contributed by atoms with Gasteiger partial charge in [-0.25, -0.2) is 19.4 Å². The molecule has 0 atom stereocenters. The van der Waals surface area contributed by atoms with E-state index in [2.05, 4.69) is 10.3 Å². The molecule has 2 heterocycles. The van der Waals surface area contributed by atoms with E-state index in [1.54, 1.807) is 86.8 Å². The number of benzene rings is 2. The number of rotatable bonds is 7. The van der Waals surface area contributed by atoms with Gasteiger partial charge in [-0.1, -0.05) is 12.1 Å². The Balaban J connectivity index is 1.49. The second-order valence-corrected chi connectivity index (χ2v) is 9.99.